The summed E-state index contributed by atoms with van der Waals surface area (Å²) in [6, 6.07) is 13.3. The lowest BCUT2D eigenvalue weighted by Crippen LogP contribution is -2.41. The Bertz CT molecular complexity index is 647. The Morgan fingerprint density at radius 3 is 2.50 bits per heavy atom. The van der Waals surface area contributed by atoms with Crippen molar-refractivity contribution in [1.82, 2.24) is 21.2 Å². The minimum Gasteiger partial charge on any atom is -0.353 e. The van der Waals surface area contributed by atoms with Gasteiger partial charge in [-0.2, -0.15) is 0 Å². The van der Waals surface area contributed by atoms with Crippen LogP contribution in [0.15, 0.2) is 54.9 Å². The molecule has 0 aliphatic carbocycles. The topological polar surface area (TPSA) is 83.1 Å². The Morgan fingerprint density at radius 1 is 1.08 bits per heavy atom. The number of pyridine rings is 1. The summed E-state index contributed by atoms with van der Waals surface area (Å²) < 4.78 is 0. The fraction of sp³-hybridized carbons (Fsp3) is 0.278. The number of hydrogen-bond donors (Lipinski definition) is 3. The number of nitrogens with one attached hydrogen (secondary N) is 3. The van der Waals surface area contributed by atoms with Crippen molar-refractivity contribution in [3.63, 3.8) is 0 Å². The molecule has 1 heterocycles. The molecule has 0 bridgehead atoms. The third-order valence-electron chi connectivity index (χ3n) is 3.41. The van der Waals surface area contributed by atoms with Gasteiger partial charge in [0.25, 0.3) is 5.91 Å². The van der Waals surface area contributed by atoms with Crippen LogP contribution in [-0.4, -0.2) is 29.4 Å². The second-order valence-electron chi connectivity index (χ2n) is 5.53. The van der Waals surface area contributed by atoms with Crippen LogP contribution in [-0.2, 0) is 11.2 Å². The summed E-state index contributed by atoms with van der Waals surface area (Å²) in [4.78, 5) is 27.5. The molecule has 0 aliphatic rings. The second kappa shape index (κ2) is 9.42. The zero-order valence-electron chi connectivity index (χ0n) is 13.7. The number of aromatic nitrogens is 1. The van der Waals surface area contributed by atoms with Crippen LogP contribution in [0.25, 0.3) is 0 Å². The van der Waals surface area contributed by atoms with Crippen molar-refractivity contribution in [2.75, 3.05) is 6.54 Å². The number of carbonyl (C=O) groups is 2. The van der Waals surface area contributed by atoms with Crippen molar-refractivity contribution in [2.24, 2.45) is 0 Å². The maximum atomic E-state index is 11.9. The van der Waals surface area contributed by atoms with E-state index in [0.29, 0.717) is 12.1 Å². The molecule has 0 aliphatic heterocycles. The minimum atomic E-state index is -0.254. The summed E-state index contributed by atoms with van der Waals surface area (Å²) >= 11 is 0. The van der Waals surface area contributed by atoms with E-state index in [1.165, 1.54) is 5.56 Å². The fourth-order valence-electron chi connectivity index (χ4n) is 2.26. The second-order valence-corrected chi connectivity index (χ2v) is 5.53. The van der Waals surface area contributed by atoms with Gasteiger partial charge in [0.2, 0.25) is 5.91 Å². The van der Waals surface area contributed by atoms with E-state index in [-0.39, 0.29) is 24.3 Å². The van der Waals surface area contributed by atoms with Crippen molar-refractivity contribution in [3.05, 3.63) is 66.0 Å². The summed E-state index contributed by atoms with van der Waals surface area (Å²) in [6.07, 6.45) is 4.18. The molecule has 0 unspecified atom stereocenters. The predicted molar refractivity (Wildman–Crippen MR) is 92.1 cm³/mol. The van der Waals surface area contributed by atoms with E-state index in [1.807, 2.05) is 37.3 Å². The number of nitrogens with zero attached hydrogens (tertiary/aromatic N) is 1. The molecule has 6 nitrogen and oxygen atoms in total. The van der Waals surface area contributed by atoms with E-state index in [1.54, 1.807) is 24.5 Å². The van der Waals surface area contributed by atoms with Gasteiger partial charge in [-0.25, -0.2) is 5.43 Å². The number of carbonyl (C=O) groups excluding carboxylic acids is 2. The van der Waals surface area contributed by atoms with E-state index in [0.717, 1.165) is 6.42 Å². The number of hydrogen-bond acceptors (Lipinski definition) is 4. The Kier molecular flexibility index (Phi) is 6.91. The van der Waals surface area contributed by atoms with Gasteiger partial charge in [0.1, 0.15) is 0 Å². The summed E-state index contributed by atoms with van der Waals surface area (Å²) in [5.41, 5.74) is 7.01. The summed E-state index contributed by atoms with van der Waals surface area (Å²) in [5.74, 6) is -0.306. The fourth-order valence-corrected chi connectivity index (χ4v) is 2.26. The van der Waals surface area contributed by atoms with Gasteiger partial charge in [-0.05, 0) is 31.0 Å². The maximum Gasteiger partial charge on any atom is 0.265 e. The molecule has 2 aromatic rings. The van der Waals surface area contributed by atoms with Gasteiger partial charge in [0.15, 0.2) is 0 Å². The number of benzene rings is 1. The highest BCUT2D eigenvalue weighted by molar-refractivity contribution is 5.93. The van der Waals surface area contributed by atoms with Crippen LogP contribution in [0.5, 0.6) is 0 Å². The van der Waals surface area contributed by atoms with Gasteiger partial charge in [-0.1, -0.05) is 30.3 Å². The Hall–Kier alpha value is -2.73. The van der Waals surface area contributed by atoms with Crippen molar-refractivity contribution >= 4 is 11.8 Å². The molecule has 2 rings (SSSR count). The van der Waals surface area contributed by atoms with Gasteiger partial charge >= 0.3 is 0 Å². The van der Waals surface area contributed by atoms with E-state index >= 15 is 0 Å². The van der Waals surface area contributed by atoms with Gasteiger partial charge < -0.3 is 5.32 Å². The zero-order valence-corrected chi connectivity index (χ0v) is 13.7. The molecule has 0 saturated carbocycles. The lowest BCUT2D eigenvalue weighted by Gasteiger charge is -2.14. The van der Waals surface area contributed by atoms with E-state index in [2.05, 4.69) is 21.2 Å². The molecule has 0 radical (unpaired) electrons. The molecule has 0 saturated heterocycles. The van der Waals surface area contributed by atoms with Crippen LogP contribution in [0.4, 0.5) is 0 Å². The lowest BCUT2D eigenvalue weighted by atomic mass is 10.1. The molecular weight excluding hydrogens is 304 g/mol. The smallest absolute Gasteiger partial charge is 0.265 e. The first-order valence-corrected chi connectivity index (χ1v) is 7.91. The molecule has 2 amide bonds. The van der Waals surface area contributed by atoms with Crippen LogP contribution in [0.1, 0.15) is 29.3 Å². The monoisotopic (exact) mass is 326 g/mol. The quantitative estimate of drug-likeness (QED) is 0.506. The van der Waals surface area contributed by atoms with E-state index < -0.39 is 0 Å². The number of amides is 2. The summed E-state index contributed by atoms with van der Waals surface area (Å²) in [6.45, 7) is 2.34. The first-order valence-electron chi connectivity index (χ1n) is 7.91. The standard InChI is InChI=1S/C18H22N4O2/c1-14(13-15-5-3-2-4-6-15)21-17(23)9-12-20-22-18(24)16-7-10-19-11-8-16/h2-8,10-11,14,20H,9,12-13H2,1H3,(H,21,23)(H,22,24)/t14-/m0/s1. The zero-order chi connectivity index (χ0) is 17.2. The molecule has 24 heavy (non-hydrogen) atoms. The highest BCUT2D eigenvalue weighted by Gasteiger charge is 2.08. The van der Waals surface area contributed by atoms with Gasteiger partial charge in [0.05, 0.1) is 0 Å². The Labute approximate surface area is 141 Å². The Morgan fingerprint density at radius 2 is 1.79 bits per heavy atom. The van der Waals surface area contributed by atoms with Crippen molar-refractivity contribution < 1.29 is 9.59 Å². The minimum absolute atomic E-state index is 0.0518. The van der Waals surface area contributed by atoms with Gasteiger partial charge in [-0.3, -0.25) is 20.0 Å². The molecule has 126 valence electrons. The normalized spacial score (nSPS) is 11.5. The molecule has 0 fully saturated rings. The predicted octanol–water partition coefficient (Wildman–Crippen LogP) is 1.45. The van der Waals surface area contributed by atoms with Crippen LogP contribution < -0.4 is 16.2 Å². The summed E-state index contributed by atoms with van der Waals surface area (Å²) in [5, 5.41) is 2.95. The molecule has 0 spiro atoms. The molecule has 6 heteroatoms. The Balaban J connectivity index is 1.62. The van der Waals surface area contributed by atoms with Crippen molar-refractivity contribution in [3.8, 4) is 0 Å². The number of rotatable bonds is 8. The third-order valence-corrected chi connectivity index (χ3v) is 3.41. The largest absolute Gasteiger partial charge is 0.353 e. The third kappa shape index (κ3) is 6.18. The van der Waals surface area contributed by atoms with Crippen molar-refractivity contribution in [2.45, 2.75) is 25.8 Å². The maximum absolute atomic E-state index is 11.9. The van der Waals surface area contributed by atoms with Gasteiger partial charge in [-0.15, -0.1) is 0 Å². The average Bonchev–Trinajstić information content (AvgIpc) is 2.60. The van der Waals surface area contributed by atoms with Gasteiger partial charge in [0, 0.05) is 37.0 Å². The SMILES string of the molecule is C[C@@H](Cc1ccccc1)NC(=O)CCNNC(=O)c1ccncc1. The first kappa shape index (κ1) is 17.6. The lowest BCUT2D eigenvalue weighted by molar-refractivity contribution is -0.121. The first-order chi connectivity index (χ1) is 11.6. The van der Waals surface area contributed by atoms with Crippen LogP contribution in [0.2, 0.25) is 0 Å². The highest BCUT2D eigenvalue weighted by atomic mass is 16.2. The van der Waals surface area contributed by atoms with Crippen LogP contribution in [0.3, 0.4) is 0 Å². The summed E-state index contributed by atoms with van der Waals surface area (Å²) in [7, 11) is 0. The average molecular weight is 326 g/mol. The molecule has 1 atom stereocenters. The van der Waals surface area contributed by atoms with Crippen LogP contribution >= 0.6 is 0 Å². The molecule has 1 aromatic heterocycles. The van der Waals surface area contributed by atoms with E-state index in [4.69, 9.17) is 0 Å². The van der Waals surface area contributed by atoms with E-state index in [9.17, 15) is 9.59 Å². The van der Waals surface area contributed by atoms with Crippen LogP contribution in [0, 0.1) is 0 Å². The molecule has 1 aromatic carbocycles. The molecule has 3 N–H and O–H groups in total. The molecular formula is C18H22N4O2. The number of hydrazine groups is 1. The van der Waals surface area contributed by atoms with Crippen molar-refractivity contribution in [1.29, 1.82) is 0 Å². The highest BCUT2D eigenvalue weighted by Crippen LogP contribution is 2.02.